The number of nitrogens with zero attached hydrogens (tertiary/aromatic N) is 2. The molecule has 8 nitrogen and oxygen atoms in total. The van der Waals surface area contributed by atoms with Gasteiger partial charge in [0.15, 0.2) is 0 Å². The Morgan fingerprint density at radius 2 is 1.66 bits per heavy atom. The molecule has 1 saturated carbocycles. The molecular weight excluding hydrogens is 526 g/mol. The van der Waals surface area contributed by atoms with E-state index in [-0.39, 0.29) is 30.6 Å². The van der Waals surface area contributed by atoms with E-state index >= 15 is 0 Å². The number of hydrogen-bond donors (Lipinski definition) is 1. The first-order valence-electron chi connectivity index (χ1n) is 13.0. The second-order valence-electron chi connectivity index (χ2n) is 10.1. The fourth-order valence-electron chi connectivity index (χ4n) is 5.07. The van der Waals surface area contributed by atoms with Gasteiger partial charge in [0.2, 0.25) is 15.9 Å². The lowest BCUT2D eigenvalue weighted by Crippen LogP contribution is -2.36. The maximum atomic E-state index is 12.7. The van der Waals surface area contributed by atoms with Gasteiger partial charge >= 0.3 is 0 Å². The molecule has 2 aromatic carbocycles. The minimum atomic E-state index is -3.64. The number of halogens is 1. The fraction of sp³-hybridized carbons (Fsp3) is 0.536. The van der Waals surface area contributed by atoms with Crippen LogP contribution in [0.15, 0.2) is 53.4 Å². The number of likely N-dealkylation sites (N-methyl/N-ethyl adjacent to an activating group) is 1. The maximum absolute atomic E-state index is 12.7. The van der Waals surface area contributed by atoms with Crippen molar-refractivity contribution in [3.8, 4) is 5.75 Å². The molecule has 0 heterocycles. The van der Waals surface area contributed by atoms with Crippen LogP contribution in [0.25, 0.3) is 0 Å². The number of sulfonamides is 1. The van der Waals surface area contributed by atoms with E-state index in [2.05, 4.69) is 36.4 Å². The molecule has 210 valence electrons. The fourth-order valence-corrected chi connectivity index (χ4v) is 6.36. The highest BCUT2D eigenvalue weighted by atomic mass is 35.5. The highest BCUT2D eigenvalue weighted by Gasteiger charge is 2.30. The number of ether oxygens (including phenoxy) is 2. The van der Waals surface area contributed by atoms with Crippen molar-refractivity contribution in [3.05, 3.63) is 59.1 Å². The summed E-state index contributed by atoms with van der Waals surface area (Å²) in [6.45, 7) is 0.812. The van der Waals surface area contributed by atoms with Gasteiger partial charge in [0.25, 0.3) is 0 Å². The molecule has 1 aliphatic carbocycles. The summed E-state index contributed by atoms with van der Waals surface area (Å²) in [6, 6.07) is 14.7. The Balaban J connectivity index is 1.35. The van der Waals surface area contributed by atoms with Crippen LogP contribution in [0.4, 0.5) is 0 Å². The van der Waals surface area contributed by atoms with Crippen molar-refractivity contribution in [2.45, 2.75) is 36.6 Å². The second kappa shape index (κ2) is 14.3. The lowest BCUT2D eigenvalue weighted by molar-refractivity contribution is -0.126. The second-order valence-corrected chi connectivity index (χ2v) is 12.6. The molecule has 1 atom stereocenters. The van der Waals surface area contributed by atoms with E-state index in [0.717, 1.165) is 30.7 Å². The summed E-state index contributed by atoms with van der Waals surface area (Å²) < 4.78 is 37.1. The Morgan fingerprint density at radius 3 is 2.24 bits per heavy atom. The van der Waals surface area contributed by atoms with Crippen LogP contribution in [-0.2, 0) is 19.6 Å². The van der Waals surface area contributed by atoms with Crippen LogP contribution in [0.2, 0.25) is 5.02 Å². The first-order valence-corrected chi connectivity index (χ1v) is 14.8. The number of nitrogens with one attached hydrogen (secondary N) is 1. The molecule has 1 aliphatic rings. The third-order valence-electron chi connectivity index (χ3n) is 7.24. The normalized spacial score (nSPS) is 18.9. The minimum Gasteiger partial charge on any atom is -0.497 e. The van der Waals surface area contributed by atoms with Crippen molar-refractivity contribution >= 4 is 27.5 Å². The minimum absolute atomic E-state index is 0.0922. The number of methoxy groups -OCH3 is 1. The van der Waals surface area contributed by atoms with E-state index < -0.39 is 10.0 Å². The van der Waals surface area contributed by atoms with E-state index in [0.29, 0.717) is 30.2 Å². The first-order chi connectivity index (χ1) is 18.1. The van der Waals surface area contributed by atoms with Crippen LogP contribution in [0.3, 0.4) is 0 Å². The lowest BCUT2D eigenvalue weighted by atomic mass is 9.76. The van der Waals surface area contributed by atoms with Crippen LogP contribution < -0.4 is 10.1 Å². The zero-order valence-corrected chi connectivity index (χ0v) is 24.3. The van der Waals surface area contributed by atoms with Crippen molar-refractivity contribution in [3.63, 3.8) is 0 Å². The van der Waals surface area contributed by atoms with Gasteiger partial charge in [-0.05, 0) is 93.6 Å². The Labute approximate surface area is 232 Å². The van der Waals surface area contributed by atoms with Gasteiger partial charge < -0.3 is 19.7 Å². The molecule has 0 saturated heterocycles. The summed E-state index contributed by atoms with van der Waals surface area (Å²) in [7, 11) is 3.63. The largest absolute Gasteiger partial charge is 0.497 e. The molecule has 0 radical (unpaired) electrons. The molecule has 1 fully saturated rings. The number of benzene rings is 2. The Hall–Kier alpha value is -2.17. The van der Waals surface area contributed by atoms with Crippen molar-refractivity contribution in [1.29, 1.82) is 0 Å². The third kappa shape index (κ3) is 8.41. The molecule has 0 bridgehead atoms. The molecule has 2 aromatic rings. The number of rotatable bonds is 13. The van der Waals surface area contributed by atoms with Gasteiger partial charge in [0, 0.05) is 31.2 Å². The summed E-state index contributed by atoms with van der Waals surface area (Å²) in [5.41, 5.74) is 1.29. The maximum Gasteiger partial charge on any atom is 0.246 e. The smallest absolute Gasteiger partial charge is 0.246 e. The van der Waals surface area contributed by atoms with E-state index in [9.17, 15) is 13.2 Å². The Kier molecular flexibility index (Phi) is 11.4. The van der Waals surface area contributed by atoms with Crippen molar-refractivity contribution < 1.29 is 22.7 Å². The molecule has 10 heteroatoms. The van der Waals surface area contributed by atoms with E-state index in [1.54, 1.807) is 12.1 Å². The molecule has 3 rings (SSSR count). The van der Waals surface area contributed by atoms with E-state index in [1.807, 2.05) is 12.1 Å². The molecule has 0 aliphatic heterocycles. The molecule has 1 amide bonds. The van der Waals surface area contributed by atoms with Crippen molar-refractivity contribution in [2.75, 3.05) is 54.6 Å². The summed E-state index contributed by atoms with van der Waals surface area (Å²) >= 11 is 6.08. The van der Waals surface area contributed by atoms with Crippen molar-refractivity contribution in [2.24, 2.45) is 11.8 Å². The van der Waals surface area contributed by atoms with Crippen LogP contribution >= 0.6 is 11.6 Å². The molecular formula is C28H40ClN3O5S. The molecule has 0 spiro atoms. The predicted molar refractivity (Wildman–Crippen MR) is 150 cm³/mol. The third-order valence-corrected chi connectivity index (χ3v) is 9.37. The van der Waals surface area contributed by atoms with E-state index in [1.165, 1.54) is 36.2 Å². The summed E-state index contributed by atoms with van der Waals surface area (Å²) in [6.07, 6.45) is 4.35. The molecule has 0 aromatic heterocycles. The molecule has 1 unspecified atom stereocenters. The number of carbonyl (C=O) groups excluding carboxylic acids is 1. The zero-order chi connectivity index (χ0) is 27.7. The number of carbonyl (C=O) groups is 1. The average molecular weight is 566 g/mol. The number of hydrogen-bond acceptors (Lipinski definition) is 6. The topological polar surface area (TPSA) is 88.2 Å². The monoisotopic (exact) mass is 565 g/mol. The van der Waals surface area contributed by atoms with Gasteiger partial charge in [-0.15, -0.1) is 0 Å². The Morgan fingerprint density at radius 1 is 1.03 bits per heavy atom. The van der Waals surface area contributed by atoms with Crippen LogP contribution in [0.5, 0.6) is 5.75 Å². The van der Waals surface area contributed by atoms with Crippen LogP contribution in [0, 0.1) is 11.8 Å². The molecule has 38 heavy (non-hydrogen) atoms. The van der Waals surface area contributed by atoms with Gasteiger partial charge in [-0.1, -0.05) is 23.7 Å². The van der Waals surface area contributed by atoms with Gasteiger partial charge in [0.1, 0.15) is 12.4 Å². The number of amides is 1. The predicted octanol–water partition coefficient (Wildman–Crippen LogP) is 4.21. The van der Waals surface area contributed by atoms with E-state index in [4.69, 9.17) is 21.1 Å². The SMILES string of the molecule is COc1ccc(S(=O)(=O)N(C)CCOCC(=O)NCC2CCC(C(c3ccc(Cl)cc3)N(C)C)CC2)cc1. The summed E-state index contributed by atoms with van der Waals surface area (Å²) in [4.78, 5) is 14.8. The summed E-state index contributed by atoms with van der Waals surface area (Å²) in [5.74, 6) is 1.42. The van der Waals surface area contributed by atoms with Crippen molar-refractivity contribution in [1.82, 2.24) is 14.5 Å². The van der Waals surface area contributed by atoms with Gasteiger partial charge in [-0.25, -0.2) is 8.42 Å². The van der Waals surface area contributed by atoms with Gasteiger partial charge in [-0.2, -0.15) is 4.31 Å². The lowest BCUT2D eigenvalue weighted by Gasteiger charge is -2.37. The first kappa shape index (κ1) is 30.4. The van der Waals surface area contributed by atoms with Gasteiger partial charge in [0.05, 0.1) is 18.6 Å². The highest BCUT2D eigenvalue weighted by Crippen LogP contribution is 2.39. The summed E-state index contributed by atoms with van der Waals surface area (Å²) in [5, 5.41) is 3.73. The zero-order valence-electron chi connectivity index (χ0n) is 22.7. The Bertz CT molecular complexity index is 1120. The van der Waals surface area contributed by atoms with Crippen LogP contribution in [-0.4, -0.2) is 78.1 Å². The quantitative estimate of drug-likeness (QED) is 0.366. The van der Waals surface area contributed by atoms with Crippen LogP contribution in [0.1, 0.15) is 37.3 Å². The molecule has 1 N–H and O–H groups in total. The standard InChI is InChI=1S/C28H40ClN3O5S/c1-31(2)28(23-9-11-24(29)12-10-23)22-7-5-21(6-8-22)19-30-27(33)20-37-18-17-32(3)38(34,35)26-15-13-25(36-4)14-16-26/h9-16,21-22,28H,5-8,17-20H2,1-4H3,(H,30,33). The highest BCUT2D eigenvalue weighted by molar-refractivity contribution is 7.89. The van der Waals surface area contributed by atoms with Gasteiger partial charge in [-0.3, -0.25) is 4.79 Å². The average Bonchev–Trinajstić information content (AvgIpc) is 2.91.